The maximum absolute atomic E-state index is 12.5. The number of nitrogens with zero attached hydrogens (tertiary/aromatic N) is 2. The SMILES string of the molecule is Cc1nc(=O)[nH]c(C)c1CCC(=O)N1CC[C@H](Oc2ccccc2)C1. The lowest BCUT2D eigenvalue weighted by Crippen LogP contribution is -2.31. The van der Waals surface area contributed by atoms with Crippen molar-refractivity contribution >= 4 is 5.91 Å². The fourth-order valence-electron chi connectivity index (χ4n) is 3.26. The Balaban J connectivity index is 1.54. The van der Waals surface area contributed by atoms with E-state index in [9.17, 15) is 9.59 Å². The predicted molar refractivity (Wildman–Crippen MR) is 94.7 cm³/mol. The van der Waals surface area contributed by atoms with E-state index in [1.165, 1.54) is 0 Å². The normalized spacial score (nSPS) is 16.9. The number of hydrogen-bond acceptors (Lipinski definition) is 4. The van der Waals surface area contributed by atoms with E-state index in [1.807, 2.05) is 49.1 Å². The van der Waals surface area contributed by atoms with Crippen LogP contribution in [0.5, 0.6) is 5.75 Å². The number of aromatic nitrogens is 2. The molecule has 132 valence electrons. The van der Waals surface area contributed by atoms with Gasteiger partial charge in [0.1, 0.15) is 11.9 Å². The van der Waals surface area contributed by atoms with E-state index < -0.39 is 0 Å². The van der Waals surface area contributed by atoms with Gasteiger partial charge in [-0.05, 0) is 38.0 Å². The zero-order valence-electron chi connectivity index (χ0n) is 14.6. The molecule has 1 atom stereocenters. The second kappa shape index (κ2) is 7.51. The zero-order valence-corrected chi connectivity index (χ0v) is 14.6. The van der Waals surface area contributed by atoms with Gasteiger partial charge in [-0.1, -0.05) is 18.2 Å². The molecule has 1 amide bonds. The maximum atomic E-state index is 12.5. The summed E-state index contributed by atoms with van der Waals surface area (Å²) in [4.78, 5) is 32.3. The number of aromatic amines is 1. The molecule has 0 bridgehead atoms. The first-order valence-electron chi connectivity index (χ1n) is 8.59. The van der Waals surface area contributed by atoms with Crippen molar-refractivity contribution in [2.45, 2.75) is 39.2 Å². The lowest BCUT2D eigenvalue weighted by atomic mass is 10.1. The molecule has 1 aromatic carbocycles. The van der Waals surface area contributed by atoms with E-state index in [4.69, 9.17) is 4.74 Å². The van der Waals surface area contributed by atoms with Crippen molar-refractivity contribution in [3.05, 3.63) is 57.8 Å². The molecule has 0 spiro atoms. The number of aryl methyl sites for hydroxylation is 2. The van der Waals surface area contributed by atoms with Gasteiger partial charge in [0, 0.05) is 30.8 Å². The first-order chi connectivity index (χ1) is 12.0. The average Bonchev–Trinajstić information content (AvgIpc) is 3.03. The summed E-state index contributed by atoms with van der Waals surface area (Å²) in [5, 5.41) is 0. The lowest BCUT2D eigenvalue weighted by molar-refractivity contribution is -0.130. The summed E-state index contributed by atoms with van der Waals surface area (Å²) in [7, 11) is 0. The van der Waals surface area contributed by atoms with Gasteiger partial charge in [-0.2, -0.15) is 4.98 Å². The van der Waals surface area contributed by atoms with Crippen molar-refractivity contribution < 1.29 is 9.53 Å². The molecule has 1 N–H and O–H groups in total. The first-order valence-corrected chi connectivity index (χ1v) is 8.59. The number of ether oxygens (including phenoxy) is 1. The number of H-pyrrole nitrogens is 1. The minimum absolute atomic E-state index is 0.0459. The van der Waals surface area contributed by atoms with E-state index in [0.29, 0.717) is 25.1 Å². The fraction of sp³-hybridized carbons (Fsp3) is 0.421. The number of likely N-dealkylation sites (tertiary alicyclic amines) is 1. The Morgan fingerprint density at radius 1 is 1.32 bits per heavy atom. The molecule has 0 radical (unpaired) electrons. The van der Waals surface area contributed by atoms with Gasteiger partial charge in [0.25, 0.3) is 0 Å². The molecule has 1 aliphatic heterocycles. The maximum Gasteiger partial charge on any atom is 0.345 e. The Labute approximate surface area is 146 Å². The molecule has 0 aliphatic carbocycles. The van der Waals surface area contributed by atoms with Gasteiger partial charge >= 0.3 is 5.69 Å². The Hall–Kier alpha value is -2.63. The number of nitrogens with one attached hydrogen (secondary N) is 1. The monoisotopic (exact) mass is 341 g/mol. The van der Waals surface area contributed by atoms with Gasteiger partial charge in [-0.15, -0.1) is 0 Å². The Morgan fingerprint density at radius 3 is 2.80 bits per heavy atom. The highest BCUT2D eigenvalue weighted by molar-refractivity contribution is 5.76. The quantitative estimate of drug-likeness (QED) is 0.902. The minimum Gasteiger partial charge on any atom is -0.489 e. The third kappa shape index (κ3) is 4.26. The molecule has 25 heavy (non-hydrogen) atoms. The van der Waals surface area contributed by atoms with E-state index in [0.717, 1.165) is 30.0 Å². The number of carbonyl (C=O) groups is 1. The topological polar surface area (TPSA) is 75.3 Å². The molecule has 1 aromatic heterocycles. The van der Waals surface area contributed by atoms with Crippen molar-refractivity contribution in [3.63, 3.8) is 0 Å². The second-order valence-electron chi connectivity index (χ2n) is 6.41. The number of hydrogen-bond donors (Lipinski definition) is 1. The molecule has 1 saturated heterocycles. The highest BCUT2D eigenvalue weighted by Gasteiger charge is 2.27. The van der Waals surface area contributed by atoms with Crippen LogP contribution >= 0.6 is 0 Å². The van der Waals surface area contributed by atoms with Crippen LogP contribution in [0.1, 0.15) is 29.8 Å². The number of rotatable bonds is 5. The third-order valence-electron chi connectivity index (χ3n) is 4.59. The highest BCUT2D eigenvalue weighted by Crippen LogP contribution is 2.19. The van der Waals surface area contributed by atoms with Crippen molar-refractivity contribution in [2.24, 2.45) is 0 Å². The Kier molecular flexibility index (Phi) is 5.16. The summed E-state index contributed by atoms with van der Waals surface area (Å²) in [6, 6.07) is 9.69. The van der Waals surface area contributed by atoms with E-state index in [1.54, 1.807) is 0 Å². The van der Waals surface area contributed by atoms with Crippen molar-refractivity contribution in [2.75, 3.05) is 13.1 Å². The van der Waals surface area contributed by atoms with Gasteiger partial charge in [0.05, 0.1) is 6.54 Å². The van der Waals surface area contributed by atoms with Gasteiger partial charge in [-0.3, -0.25) is 4.79 Å². The number of para-hydroxylation sites is 1. The first kappa shape index (κ1) is 17.2. The molecule has 6 heteroatoms. The van der Waals surface area contributed by atoms with Gasteiger partial charge in [0.15, 0.2) is 0 Å². The fourth-order valence-corrected chi connectivity index (χ4v) is 3.26. The number of amides is 1. The minimum atomic E-state index is -0.342. The highest BCUT2D eigenvalue weighted by atomic mass is 16.5. The predicted octanol–water partition coefficient (Wildman–Crippen LogP) is 2.00. The lowest BCUT2D eigenvalue weighted by Gasteiger charge is -2.18. The van der Waals surface area contributed by atoms with Crippen molar-refractivity contribution in [3.8, 4) is 5.75 Å². The molecule has 2 aromatic rings. The van der Waals surface area contributed by atoms with Gasteiger partial charge in [-0.25, -0.2) is 4.79 Å². The summed E-state index contributed by atoms with van der Waals surface area (Å²) in [6.45, 7) is 4.99. The van der Waals surface area contributed by atoms with Crippen LogP contribution in [0.3, 0.4) is 0 Å². The number of benzene rings is 1. The Morgan fingerprint density at radius 2 is 2.08 bits per heavy atom. The summed E-state index contributed by atoms with van der Waals surface area (Å²) < 4.78 is 5.93. The molecule has 2 heterocycles. The van der Waals surface area contributed by atoms with Crippen LogP contribution in [0.25, 0.3) is 0 Å². The van der Waals surface area contributed by atoms with Crippen LogP contribution in [0, 0.1) is 13.8 Å². The largest absolute Gasteiger partial charge is 0.489 e. The van der Waals surface area contributed by atoms with E-state index in [-0.39, 0.29) is 17.7 Å². The molecule has 1 fully saturated rings. The second-order valence-corrected chi connectivity index (χ2v) is 6.41. The van der Waals surface area contributed by atoms with Gasteiger partial charge in [0.2, 0.25) is 5.91 Å². The third-order valence-corrected chi connectivity index (χ3v) is 4.59. The van der Waals surface area contributed by atoms with Crippen molar-refractivity contribution in [1.82, 2.24) is 14.9 Å². The van der Waals surface area contributed by atoms with Crippen LogP contribution < -0.4 is 10.4 Å². The molecular weight excluding hydrogens is 318 g/mol. The van der Waals surface area contributed by atoms with Crippen LogP contribution in [0.4, 0.5) is 0 Å². The molecule has 0 unspecified atom stereocenters. The van der Waals surface area contributed by atoms with E-state index in [2.05, 4.69) is 9.97 Å². The van der Waals surface area contributed by atoms with E-state index >= 15 is 0 Å². The molecule has 0 saturated carbocycles. The summed E-state index contributed by atoms with van der Waals surface area (Å²) in [5.41, 5.74) is 2.09. The summed E-state index contributed by atoms with van der Waals surface area (Å²) in [5.74, 6) is 0.955. The molecule has 3 rings (SSSR count). The smallest absolute Gasteiger partial charge is 0.345 e. The van der Waals surface area contributed by atoms with Crippen molar-refractivity contribution in [1.29, 1.82) is 0 Å². The molecular formula is C19H23N3O3. The van der Waals surface area contributed by atoms with Crippen LogP contribution in [-0.2, 0) is 11.2 Å². The summed E-state index contributed by atoms with van der Waals surface area (Å²) in [6.07, 6.45) is 1.89. The van der Waals surface area contributed by atoms with Crippen LogP contribution in [0.2, 0.25) is 0 Å². The standard InChI is InChI=1S/C19H23N3O3/c1-13-17(14(2)21-19(24)20-13)8-9-18(23)22-11-10-16(12-22)25-15-6-4-3-5-7-15/h3-7,16H,8-12H2,1-2H3,(H,20,21,24)/t16-/m0/s1. The summed E-state index contributed by atoms with van der Waals surface area (Å²) >= 11 is 0. The number of carbonyl (C=O) groups excluding carboxylic acids is 1. The van der Waals surface area contributed by atoms with Crippen LogP contribution in [-0.4, -0.2) is 40.0 Å². The molecule has 6 nitrogen and oxygen atoms in total. The van der Waals surface area contributed by atoms with Gasteiger partial charge < -0.3 is 14.6 Å². The van der Waals surface area contributed by atoms with Crippen LogP contribution in [0.15, 0.2) is 35.1 Å². The zero-order chi connectivity index (χ0) is 17.8. The molecule has 1 aliphatic rings. The average molecular weight is 341 g/mol. The Bertz CT molecular complexity index is 775.